The van der Waals surface area contributed by atoms with E-state index in [0.717, 1.165) is 19.5 Å². The first-order valence-corrected chi connectivity index (χ1v) is 3.96. The SMILES string of the molecule is C=C(N)NCCCCN(C)C. The highest BCUT2D eigenvalue weighted by Gasteiger charge is 1.90. The van der Waals surface area contributed by atoms with Gasteiger partial charge in [-0.3, -0.25) is 0 Å². The van der Waals surface area contributed by atoms with Crippen LogP contribution >= 0.6 is 0 Å². The minimum absolute atomic E-state index is 0.565. The van der Waals surface area contributed by atoms with Crippen LogP contribution in [0.3, 0.4) is 0 Å². The van der Waals surface area contributed by atoms with Crippen molar-refractivity contribution in [3.8, 4) is 0 Å². The molecule has 0 atom stereocenters. The van der Waals surface area contributed by atoms with Crippen LogP contribution in [0.4, 0.5) is 0 Å². The van der Waals surface area contributed by atoms with Crippen LogP contribution in [-0.2, 0) is 0 Å². The molecular formula is C8H19N3. The number of nitrogens with two attached hydrogens (primary N) is 1. The molecule has 3 N–H and O–H groups in total. The highest BCUT2D eigenvalue weighted by Crippen LogP contribution is 1.88. The average molecular weight is 157 g/mol. The van der Waals surface area contributed by atoms with Gasteiger partial charge in [0.15, 0.2) is 0 Å². The molecule has 0 radical (unpaired) electrons. The number of unbranched alkanes of at least 4 members (excludes halogenated alkanes) is 1. The fourth-order valence-corrected chi connectivity index (χ4v) is 0.802. The van der Waals surface area contributed by atoms with Crippen LogP contribution in [0.5, 0.6) is 0 Å². The topological polar surface area (TPSA) is 41.3 Å². The molecule has 0 amide bonds. The van der Waals surface area contributed by atoms with Crippen LogP contribution in [0.15, 0.2) is 12.4 Å². The quantitative estimate of drug-likeness (QED) is 0.547. The number of nitrogens with one attached hydrogen (secondary N) is 1. The van der Waals surface area contributed by atoms with Crippen molar-refractivity contribution < 1.29 is 0 Å². The summed E-state index contributed by atoms with van der Waals surface area (Å²) in [4.78, 5) is 2.18. The Hall–Kier alpha value is -0.700. The first kappa shape index (κ1) is 10.3. The number of rotatable bonds is 6. The van der Waals surface area contributed by atoms with Gasteiger partial charge in [0.2, 0.25) is 0 Å². The van der Waals surface area contributed by atoms with E-state index in [-0.39, 0.29) is 0 Å². The highest BCUT2D eigenvalue weighted by molar-refractivity contribution is 4.81. The molecule has 0 aliphatic rings. The van der Waals surface area contributed by atoms with Crippen molar-refractivity contribution in [1.29, 1.82) is 0 Å². The highest BCUT2D eigenvalue weighted by atomic mass is 15.0. The molecule has 0 aliphatic carbocycles. The van der Waals surface area contributed by atoms with E-state index in [2.05, 4.69) is 30.9 Å². The number of nitrogens with zero attached hydrogens (tertiary/aromatic N) is 1. The normalized spacial score (nSPS) is 10.1. The summed E-state index contributed by atoms with van der Waals surface area (Å²) in [5.74, 6) is 0.565. The Morgan fingerprint density at radius 2 is 2.09 bits per heavy atom. The van der Waals surface area contributed by atoms with Gasteiger partial charge in [0, 0.05) is 6.54 Å². The van der Waals surface area contributed by atoms with Crippen LogP contribution in [0.1, 0.15) is 12.8 Å². The lowest BCUT2D eigenvalue weighted by Gasteiger charge is -2.09. The van der Waals surface area contributed by atoms with Crippen LogP contribution in [0.25, 0.3) is 0 Å². The molecule has 0 aromatic rings. The van der Waals surface area contributed by atoms with Crippen molar-refractivity contribution in [2.24, 2.45) is 5.73 Å². The molecule has 3 nitrogen and oxygen atoms in total. The van der Waals surface area contributed by atoms with Gasteiger partial charge in [-0.1, -0.05) is 6.58 Å². The van der Waals surface area contributed by atoms with Crippen LogP contribution in [0, 0.1) is 0 Å². The summed E-state index contributed by atoms with van der Waals surface area (Å²) < 4.78 is 0. The second-order valence-corrected chi connectivity index (χ2v) is 2.96. The van der Waals surface area contributed by atoms with E-state index in [9.17, 15) is 0 Å². The summed E-state index contributed by atoms with van der Waals surface area (Å²) in [6, 6.07) is 0. The van der Waals surface area contributed by atoms with Gasteiger partial charge in [-0.2, -0.15) is 0 Å². The minimum Gasteiger partial charge on any atom is -0.386 e. The molecule has 66 valence electrons. The second kappa shape index (κ2) is 6.04. The van der Waals surface area contributed by atoms with Crippen molar-refractivity contribution in [1.82, 2.24) is 10.2 Å². The van der Waals surface area contributed by atoms with E-state index < -0.39 is 0 Å². The van der Waals surface area contributed by atoms with Gasteiger partial charge in [-0.25, -0.2) is 0 Å². The van der Waals surface area contributed by atoms with Gasteiger partial charge in [-0.05, 0) is 33.5 Å². The van der Waals surface area contributed by atoms with Gasteiger partial charge >= 0.3 is 0 Å². The Labute approximate surface area is 69.3 Å². The second-order valence-electron chi connectivity index (χ2n) is 2.96. The summed E-state index contributed by atoms with van der Waals surface area (Å²) in [5, 5.41) is 2.98. The van der Waals surface area contributed by atoms with E-state index in [1.54, 1.807) is 0 Å². The lowest BCUT2D eigenvalue weighted by molar-refractivity contribution is 0.393. The molecule has 0 bridgehead atoms. The third kappa shape index (κ3) is 9.30. The van der Waals surface area contributed by atoms with Crippen LogP contribution in [0.2, 0.25) is 0 Å². The molecule has 11 heavy (non-hydrogen) atoms. The van der Waals surface area contributed by atoms with Crippen molar-refractivity contribution in [3.63, 3.8) is 0 Å². The predicted molar refractivity (Wildman–Crippen MR) is 49.1 cm³/mol. The minimum atomic E-state index is 0.565. The van der Waals surface area contributed by atoms with Crippen molar-refractivity contribution in [3.05, 3.63) is 12.4 Å². The molecule has 0 saturated carbocycles. The Bertz CT molecular complexity index is 110. The number of hydrogen-bond acceptors (Lipinski definition) is 3. The predicted octanol–water partition coefficient (Wildman–Crippen LogP) is 0.348. The van der Waals surface area contributed by atoms with E-state index >= 15 is 0 Å². The number of hydrogen-bond donors (Lipinski definition) is 2. The lowest BCUT2D eigenvalue weighted by Crippen LogP contribution is -2.21. The van der Waals surface area contributed by atoms with Gasteiger partial charge in [0.25, 0.3) is 0 Å². The van der Waals surface area contributed by atoms with Gasteiger partial charge in [0.05, 0.1) is 5.82 Å². The zero-order chi connectivity index (χ0) is 8.69. The first-order valence-electron chi connectivity index (χ1n) is 3.96. The van der Waals surface area contributed by atoms with E-state index in [1.165, 1.54) is 6.42 Å². The molecule has 0 unspecified atom stereocenters. The maximum atomic E-state index is 5.32. The molecule has 0 rings (SSSR count). The Morgan fingerprint density at radius 1 is 1.45 bits per heavy atom. The molecule has 0 aliphatic heterocycles. The zero-order valence-corrected chi connectivity index (χ0v) is 7.56. The molecule has 0 aromatic carbocycles. The summed E-state index contributed by atoms with van der Waals surface area (Å²) in [6.07, 6.45) is 2.35. The van der Waals surface area contributed by atoms with Crippen LogP contribution < -0.4 is 11.1 Å². The lowest BCUT2D eigenvalue weighted by atomic mass is 10.3. The molecule has 0 aromatic heterocycles. The van der Waals surface area contributed by atoms with Gasteiger partial charge in [0.1, 0.15) is 0 Å². The molecule has 0 heterocycles. The maximum absolute atomic E-state index is 5.32. The standard InChI is InChI=1S/C8H19N3/c1-8(9)10-6-4-5-7-11(2)3/h10H,1,4-7,9H2,2-3H3. The Balaban J connectivity index is 2.97. The monoisotopic (exact) mass is 157 g/mol. The first-order chi connectivity index (χ1) is 5.13. The van der Waals surface area contributed by atoms with Crippen molar-refractivity contribution in [2.45, 2.75) is 12.8 Å². The Morgan fingerprint density at radius 3 is 2.55 bits per heavy atom. The molecule has 3 heteroatoms. The third-order valence-corrected chi connectivity index (χ3v) is 1.38. The fourth-order valence-electron chi connectivity index (χ4n) is 0.802. The van der Waals surface area contributed by atoms with E-state index in [0.29, 0.717) is 5.82 Å². The van der Waals surface area contributed by atoms with Gasteiger partial charge < -0.3 is 16.0 Å². The summed E-state index contributed by atoms with van der Waals surface area (Å²) >= 11 is 0. The maximum Gasteiger partial charge on any atom is 0.0885 e. The largest absolute Gasteiger partial charge is 0.386 e. The van der Waals surface area contributed by atoms with Crippen molar-refractivity contribution in [2.75, 3.05) is 27.2 Å². The average Bonchev–Trinajstić information content (AvgIpc) is 1.85. The smallest absolute Gasteiger partial charge is 0.0885 e. The summed E-state index contributed by atoms with van der Waals surface area (Å²) in [5.41, 5.74) is 5.32. The van der Waals surface area contributed by atoms with E-state index in [1.807, 2.05) is 0 Å². The van der Waals surface area contributed by atoms with Gasteiger partial charge in [-0.15, -0.1) is 0 Å². The Kier molecular flexibility index (Phi) is 5.65. The molecule has 0 fully saturated rings. The van der Waals surface area contributed by atoms with Crippen LogP contribution in [-0.4, -0.2) is 32.1 Å². The molecular weight excluding hydrogens is 138 g/mol. The summed E-state index contributed by atoms with van der Waals surface area (Å²) in [7, 11) is 4.16. The fraction of sp³-hybridized carbons (Fsp3) is 0.750. The molecule has 0 saturated heterocycles. The third-order valence-electron chi connectivity index (χ3n) is 1.38. The van der Waals surface area contributed by atoms with E-state index in [4.69, 9.17) is 5.73 Å². The zero-order valence-electron chi connectivity index (χ0n) is 7.56. The van der Waals surface area contributed by atoms with Crippen molar-refractivity contribution >= 4 is 0 Å². The summed E-state index contributed by atoms with van der Waals surface area (Å²) in [6.45, 7) is 5.62. The molecule has 0 spiro atoms.